The van der Waals surface area contributed by atoms with Crippen LogP contribution in [0.4, 0.5) is 0 Å². The Kier molecular flexibility index (Phi) is 4.85. The molecule has 0 aliphatic heterocycles. The highest BCUT2D eigenvalue weighted by Crippen LogP contribution is 2.27. The average molecular weight is 323 g/mol. The molecule has 0 fully saturated rings. The molecule has 0 unspecified atom stereocenters. The van der Waals surface area contributed by atoms with Crippen molar-refractivity contribution in [3.63, 3.8) is 0 Å². The van der Waals surface area contributed by atoms with Crippen LogP contribution in [0.2, 0.25) is 0 Å². The first-order valence-electron chi connectivity index (χ1n) is 8.11. The number of ether oxygens (including phenoxy) is 2. The summed E-state index contributed by atoms with van der Waals surface area (Å²) in [5.41, 5.74) is 4.08. The van der Waals surface area contributed by atoms with Crippen molar-refractivity contribution >= 4 is 16.9 Å². The lowest BCUT2D eigenvalue weighted by atomic mass is 10.1. The maximum atomic E-state index is 11.7. The number of hydrogen-bond donors (Lipinski definition) is 1. The first-order chi connectivity index (χ1) is 11.7. The van der Waals surface area contributed by atoms with E-state index < -0.39 is 0 Å². The van der Waals surface area contributed by atoms with Crippen LogP contribution in [0.5, 0.6) is 5.75 Å². The molecule has 0 saturated carbocycles. The fourth-order valence-corrected chi connectivity index (χ4v) is 2.73. The van der Waals surface area contributed by atoms with Gasteiger partial charge in [-0.25, -0.2) is 0 Å². The monoisotopic (exact) mass is 323 g/mol. The maximum Gasteiger partial charge on any atom is 0.311 e. The van der Waals surface area contributed by atoms with Crippen molar-refractivity contribution in [2.75, 3.05) is 6.61 Å². The fourth-order valence-electron chi connectivity index (χ4n) is 2.73. The molecule has 0 spiro atoms. The zero-order chi connectivity index (χ0) is 16.9. The van der Waals surface area contributed by atoms with Crippen LogP contribution < -0.4 is 4.74 Å². The Balaban J connectivity index is 1.77. The second-order valence-electron chi connectivity index (χ2n) is 5.69. The number of carbonyl (C=O) groups is 1. The second-order valence-corrected chi connectivity index (χ2v) is 5.69. The van der Waals surface area contributed by atoms with Crippen molar-refractivity contribution in [1.82, 2.24) is 4.98 Å². The van der Waals surface area contributed by atoms with Gasteiger partial charge in [0.05, 0.1) is 13.0 Å². The molecule has 124 valence electrons. The van der Waals surface area contributed by atoms with Gasteiger partial charge in [0.25, 0.3) is 0 Å². The largest absolute Gasteiger partial charge is 0.489 e. The van der Waals surface area contributed by atoms with Crippen LogP contribution in [-0.2, 0) is 22.6 Å². The number of aryl methyl sites for hydroxylation is 1. The summed E-state index contributed by atoms with van der Waals surface area (Å²) in [5.74, 6) is 0.601. The summed E-state index contributed by atoms with van der Waals surface area (Å²) in [5, 5.41) is 1.07. The summed E-state index contributed by atoms with van der Waals surface area (Å²) in [6, 6.07) is 16.0. The minimum Gasteiger partial charge on any atom is -0.489 e. The molecule has 1 N–H and O–H groups in total. The minimum absolute atomic E-state index is 0.215. The number of aromatic nitrogens is 1. The molecular formula is C20H21NO3. The summed E-state index contributed by atoms with van der Waals surface area (Å²) in [6.07, 6.45) is 0.258. The van der Waals surface area contributed by atoms with Crippen molar-refractivity contribution < 1.29 is 14.3 Å². The van der Waals surface area contributed by atoms with Gasteiger partial charge in [0.2, 0.25) is 0 Å². The van der Waals surface area contributed by atoms with E-state index >= 15 is 0 Å². The number of benzene rings is 2. The molecular weight excluding hydrogens is 302 g/mol. The van der Waals surface area contributed by atoms with Crippen molar-refractivity contribution in [2.45, 2.75) is 26.9 Å². The van der Waals surface area contributed by atoms with E-state index in [9.17, 15) is 4.79 Å². The van der Waals surface area contributed by atoms with Crippen molar-refractivity contribution in [3.05, 3.63) is 65.4 Å². The van der Waals surface area contributed by atoms with Crippen LogP contribution in [0.3, 0.4) is 0 Å². The van der Waals surface area contributed by atoms with E-state index in [0.717, 1.165) is 33.5 Å². The molecule has 0 amide bonds. The van der Waals surface area contributed by atoms with Gasteiger partial charge in [-0.1, -0.05) is 30.3 Å². The second kappa shape index (κ2) is 7.21. The third-order valence-corrected chi connectivity index (χ3v) is 4.01. The highest BCUT2D eigenvalue weighted by molar-refractivity contribution is 5.87. The van der Waals surface area contributed by atoms with Gasteiger partial charge in [-0.3, -0.25) is 4.79 Å². The first-order valence-corrected chi connectivity index (χ1v) is 8.11. The molecule has 24 heavy (non-hydrogen) atoms. The molecule has 0 radical (unpaired) electrons. The quantitative estimate of drug-likeness (QED) is 0.693. The van der Waals surface area contributed by atoms with E-state index in [1.807, 2.05) is 62.4 Å². The van der Waals surface area contributed by atoms with Gasteiger partial charge in [0.1, 0.15) is 12.4 Å². The van der Waals surface area contributed by atoms with Gasteiger partial charge in [0.15, 0.2) is 0 Å². The van der Waals surface area contributed by atoms with Gasteiger partial charge in [-0.2, -0.15) is 0 Å². The number of esters is 1. The lowest BCUT2D eigenvalue weighted by molar-refractivity contribution is -0.142. The number of nitrogens with one attached hydrogen (secondary N) is 1. The van der Waals surface area contributed by atoms with E-state index in [2.05, 4.69) is 4.98 Å². The summed E-state index contributed by atoms with van der Waals surface area (Å²) in [6.45, 7) is 4.75. The Hall–Kier alpha value is -2.75. The molecule has 0 atom stereocenters. The van der Waals surface area contributed by atoms with E-state index in [1.165, 1.54) is 0 Å². The predicted molar refractivity (Wildman–Crippen MR) is 94.1 cm³/mol. The Morgan fingerprint density at radius 1 is 1.12 bits per heavy atom. The summed E-state index contributed by atoms with van der Waals surface area (Å²) in [4.78, 5) is 15.0. The van der Waals surface area contributed by atoms with Crippen LogP contribution in [-0.4, -0.2) is 17.6 Å². The molecule has 0 bridgehead atoms. The minimum atomic E-state index is -0.215. The number of H-pyrrole nitrogens is 1. The predicted octanol–water partition coefficient (Wildman–Crippen LogP) is 4.16. The molecule has 1 aromatic heterocycles. The third-order valence-electron chi connectivity index (χ3n) is 4.01. The summed E-state index contributed by atoms with van der Waals surface area (Å²) >= 11 is 0. The standard InChI is InChI=1S/C20H21NO3/c1-3-23-20(22)12-19-14(2)17-11-16(9-10-18(17)21-19)24-13-15-7-5-4-6-8-15/h4-11,21H,3,12-13H2,1-2H3. The van der Waals surface area contributed by atoms with Gasteiger partial charge in [-0.05, 0) is 43.2 Å². The SMILES string of the molecule is CCOC(=O)Cc1[nH]c2ccc(OCc3ccccc3)cc2c1C. The lowest BCUT2D eigenvalue weighted by Crippen LogP contribution is -2.08. The number of carbonyl (C=O) groups excluding carboxylic acids is 1. The topological polar surface area (TPSA) is 51.3 Å². The molecule has 4 heteroatoms. The maximum absolute atomic E-state index is 11.7. The zero-order valence-corrected chi connectivity index (χ0v) is 14.0. The van der Waals surface area contributed by atoms with Gasteiger partial charge < -0.3 is 14.5 Å². The normalized spacial score (nSPS) is 10.8. The van der Waals surface area contributed by atoms with Crippen LogP contribution in [0.1, 0.15) is 23.7 Å². The highest BCUT2D eigenvalue weighted by Gasteiger charge is 2.12. The molecule has 0 saturated heterocycles. The summed E-state index contributed by atoms with van der Waals surface area (Å²) in [7, 11) is 0. The smallest absolute Gasteiger partial charge is 0.311 e. The zero-order valence-electron chi connectivity index (χ0n) is 14.0. The molecule has 4 nitrogen and oxygen atoms in total. The number of hydrogen-bond acceptors (Lipinski definition) is 3. The van der Waals surface area contributed by atoms with Crippen LogP contribution in [0.15, 0.2) is 48.5 Å². The number of rotatable bonds is 6. The van der Waals surface area contributed by atoms with Gasteiger partial charge >= 0.3 is 5.97 Å². The van der Waals surface area contributed by atoms with Gasteiger partial charge in [0, 0.05) is 16.6 Å². The van der Waals surface area contributed by atoms with E-state index in [0.29, 0.717) is 13.2 Å². The highest BCUT2D eigenvalue weighted by atomic mass is 16.5. The van der Waals surface area contributed by atoms with Gasteiger partial charge in [-0.15, -0.1) is 0 Å². The molecule has 1 heterocycles. The van der Waals surface area contributed by atoms with Crippen molar-refractivity contribution in [3.8, 4) is 5.75 Å². The van der Waals surface area contributed by atoms with Crippen LogP contribution in [0.25, 0.3) is 10.9 Å². The Morgan fingerprint density at radius 2 is 1.92 bits per heavy atom. The lowest BCUT2D eigenvalue weighted by Gasteiger charge is -2.06. The summed E-state index contributed by atoms with van der Waals surface area (Å²) < 4.78 is 10.9. The Morgan fingerprint density at radius 3 is 2.67 bits per heavy atom. The van der Waals surface area contributed by atoms with E-state index in [1.54, 1.807) is 0 Å². The average Bonchev–Trinajstić information content (AvgIpc) is 2.90. The number of fused-ring (bicyclic) bond motifs is 1. The van der Waals surface area contributed by atoms with Crippen molar-refractivity contribution in [2.24, 2.45) is 0 Å². The molecule has 0 aliphatic carbocycles. The fraction of sp³-hybridized carbons (Fsp3) is 0.250. The van der Waals surface area contributed by atoms with E-state index in [-0.39, 0.29) is 12.4 Å². The molecule has 2 aromatic carbocycles. The van der Waals surface area contributed by atoms with E-state index in [4.69, 9.17) is 9.47 Å². The van der Waals surface area contributed by atoms with Crippen molar-refractivity contribution in [1.29, 1.82) is 0 Å². The Labute approximate surface area is 141 Å². The van der Waals surface area contributed by atoms with Crippen LogP contribution in [0, 0.1) is 6.92 Å². The molecule has 0 aliphatic rings. The Bertz CT molecular complexity index is 837. The molecule has 3 rings (SSSR count). The first kappa shape index (κ1) is 16.1. The number of aromatic amines is 1. The third kappa shape index (κ3) is 3.59. The molecule has 3 aromatic rings. The van der Waals surface area contributed by atoms with Crippen LogP contribution >= 0.6 is 0 Å².